The minimum atomic E-state index is -1.99. The molecule has 3 N–H and O–H groups in total. The Bertz CT molecular complexity index is 1430. The molecule has 0 aliphatic heterocycles. The molecule has 1 aliphatic rings. The zero-order chi connectivity index (χ0) is 31.0. The molecule has 4 rings (SSSR count). The molecule has 1 aliphatic carbocycles. The number of hydrogen-bond acceptors (Lipinski definition) is 5. The van der Waals surface area contributed by atoms with Crippen molar-refractivity contribution >= 4 is 23.5 Å². The van der Waals surface area contributed by atoms with Crippen molar-refractivity contribution < 1.29 is 28.3 Å². The molecule has 0 bridgehead atoms. The Morgan fingerprint density at radius 3 is 2.37 bits per heavy atom. The van der Waals surface area contributed by atoms with Crippen LogP contribution in [-0.4, -0.2) is 34.4 Å². The molecule has 228 valence electrons. The van der Waals surface area contributed by atoms with E-state index in [4.69, 9.17) is 9.52 Å². The number of aromatic nitrogens is 1. The van der Waals surface area contributed by atoms with Crippen LogP contribution in [0.25, 0.3) is 11.1 Å². The maximum absolute atomic E-state index is 15.7. The Hall–Kier alpha value is -4.27. The smallest absolute Gasteiger partial charge is 0.305 e. The number of carbonyl (C=O) groups excluding carboxylic acids is 2. The predicted molar refractivity (Wildman–Crippen MR) is 164 cm³/mol. The predicted octanol–water partition coefficient (Wildman–Crippen LogP) is 7.32. The topological polar surface area (TPSA) is 122 Å². The van der Waals surface area contributed by atoms with Gasteiger partial charge in [-0.15, -0.1) is 0 Å². The summed E-state index contributed by atoms with van der Waals surface area (Å²) in [6.07, 6.45) is 7.35. The molecule has 3 unspecified atom stereocenters. The summed E-state index contributed by atoms with van der Waals surface area (Å²) < 4.78 is 21.6. The van der Waals surface area contributed by atoms with Gasteiger partial charge in [-0.2, -0.15) is 0 Å². The third kappa shape index (κ3) is 8.18. The fraction of sp³-hybridized carbons (Fsp3) is 0.412. The van der Waals surface area contributed by atoms with Crippen LogP contribution in [0.1, 0.15) is 91.3 Å². The number of benzene rings is 2. The Morgan fingerprint density at radius 1 is 1.09 bits per heavy atom. The third-order valence-electron chi connectivity index (χ3n) is 8.17. The normalized spacial score (nSPS) is 17.9. The average Bonchev–Trinajstić information content (AvgIpc) is 3.45. The van der Waals surface area contributed by atoms with E-state index in [1.54, 1.807) is 43.3 Å². The molecule has 2 amide bonds. The molecule has 9 heteroatoms. The van der Waals surface area contributed by atoms with Crippen molar-refractivity contribution in [2.45, 2.75) is 70.9 Å². The first-order chi connectivity index (χ1) is 20.6. The number of aryl methyl sites for hydroxylation is 1. The van der Waals surface area contributed by atoms with Gasteiger partial charge in [0.25, 0.3) is 11.8 Å². The monoisotopic (exact) mass is 589 g/mol. The number of halogens is 1. The molecule has 1 saturated carbocycles. The van der Waals surface area contributed by atoms with E-state index in [9.17, 15) is 14.4 Å². The van der Waals surface area contributed by atoms with Crippen LogP contribution in [0, 0.1) is 11.8 Å². The zero-order valence-electron chi connectivity index (χ0n) is 24.8. The molecule has 1 heterocycles. The summed E-state index contributed by atoms with van der Waals surface area (Å²) in [5.41, 5.74) is 0.600. The van der Waals surface area contributed by atoms with Crippen LogP contribution < -0.4 is 10.6 Å². The summed E-state index contributed by atoms with van der Waals surface area (Å²) in [6, 6.07) is 14.0. The highest BCUT2D eigenvalue weighted by atomic mass is 19.1. The van der Waals surface area contributed by atoms with E-state index in [1.807, 2.05) is 12.1 Å². The summed E-state index contributed by atoms with van der Waals surface area (Å²) in [7, 11) is 0. The number of amides is 2. The SMILES string of the molecule is C=CC(F)(CC)c1nc(CCC2CCCC(C)C2)oc1C(=O)Nc1ccc(-c2ccc(C(=O)NCCC(=O)O)cc2)cc1. The van der Waals surface area contributed by atoms with Gasteiger partial charge in [0.1, 0.15) is 5.69 Å². The molecular weight excluding hydrogens is 549 g/mol. The third-order valence-corrected chi connectivity index (χ3v) is 8.17. The number of nitrogens with one attached hydrogen (secondary N) is 2. The van der Waals surface area contributed by atoms with Gasteiger partial charge in [0.05, 0.1) is 6.42 Å². The van der Waals surface area contributed by atoms with E-state index in [2.05, 4.69) is 29.1 Å². The van der Waals surface area contributed by atoms with Crippen molar-refractivity contribution in [3.8, 4) is 11.1 Å². The zero-order valence-corrected chi connectivity index (χ0v) is 24.8. The first kappa shape index (κ1) is 31.7. The van der Waals surface area contributed by atoms with E-state index >= 15 is 4.39 Å². The lowest BCUT2D eigenvalue weighted by Gasteiger charge is -2.26. The van der Waals surface area contributed by atoms with Gasteiger partial charge in [0, 0.05) is 24.2 Å². The first-order valence-electron chi connectivity index (χ1n) is 15.0. The van der Waals surface area contributed by atoms with Gasteiger partial charge >= 0.3 is 5.97 Å². The van der Waals surface area contributed by atoms with Gasteiger partial charge in [-0.3, -0.25) is 14.4 Å². The molecule has 2 aromatic carbocycles. The quantitative estimate of drug-likeness (QED) is 0.180. The highest BCUT2D eigenvalue weighted by Crippen LogP contribution is 2.35. The number of allylic oxidation sites excluding steroid dienone is 1. The fourth-order valence-corrected chi connectivity index (χ4v) is 5.60. The summed E-state index contributed by atoms with van der Waals surface area (Å²) >= 11 is 0. The minimum absolute atomic E-state index is 0.0433. The van der Waals surface area contributed by atoms with Gasteiger partial charge in [0.2, 0.25) is 5.76 Å². The number of hydrogen-bond donors (Lipinski definition) is 3. The van der Waals surface area contributed by atoms with Gasteiger partial charge in [-0.1, -0.05) is 64.0 Å². The minimum Gasteiger partial charge on any atom is -0.481 e. The van der Waals surface area contributed by atoms with E-state index in [-0.39, 0.29) is 36.7 Å². The summed E-state index contributed by atoms with van der Waals surface area (Å²) in [5, 5.41) is 14.1. The molecular formula is C34H40FN3O5. The summed E-state index contributed by atoms with van der Waals surface area (Å²) in [6.45, 7) is 7.65. The van der Waals surface area contributed by atoms with Crippen LogP contribution in [0.2, 0.25) is 0 Å². The lowest BCUT2D eigenvalue weighted by molar-refractivity contribution is -0.136. The largest absolute Gasteiger partial charge is 0.481 e. The lowest BCUT2D eigenvalue weighted by Crippen LogP contribution is -2.25. The molecule has 1 fully saturated rings. The maximum Gasteiger partial charge on any atom is 0.305 e. The Labute approximate surface area is 251 Å². The van der Waals surface area contributed by atoms with Crippen LogP contribution >= 0.6 is 0 Å². The number of oxazole rings is 1. The summed E-state index contributed by atoms with van der Waals surface area (Å²) in [4.78, 5) is 40.6. The van der Waals surface area contributed by atoms with Crippen molar-refractivity contribution in [1.82, 2.24) is 10.3 Å². The number of carbonyl (C=O) groups is 3. The molecule has 8 nitrogen and oxygen atoms in total. The second-order valence-electron chi connectivity index (χ2n) is 11.4. The number of alkyl halides is 1. The van der Waals surface area contributed by atoms with Crippen molar-refractivity contribution in [1.29, 1.82) is 0 Å². The van der Waals surface area contributed by atoms with Crippen molar-refractivity contribution in [3.63, 3.8) is 0 Å². The number of carboxylic acid groups (broad SMARTS) is 1. The van der Waals surface area contributed by atoms with E-state index in [0.29, 0.717) is 35.4 Å². The summed E-state index contributed by atoms with van der Waals surface area (Å²) in [5.74, 6) is -0.400. The highest BCUT2D eigenvalue weighted by molar-refractivity contribution is 6.03. The molecule has 3 atom stereocenters. The van der Waals surface area contributed by atoms with Crippen LogP contribution in [0.3, 0.4) is 0 Å². The maximum atomic E-state index is 15.7. The number of aliphatic carboxylic acids is 1. The van der Waals surface area contributed by atoms with Crippen molar-refractivity contribution in [2.24, 2.45) is 11.8 Å². The number of anilines is 1. The van der Waals surface area contributed by atoms with Crippen molar-refractivity contribution in [2.75, 3.05) is 11.9 Å². The van der Waals surface area contributed by atoms with Crippen LogP contribution in [0.15, 0.2) is 65.6 Å². The van der Waals surface area contributed by atoms with Crippen LogP contribution in [0.4, 0.5) is 10.1 Å². The van der Waals surface area contributed by atoms with E-state index < -0.39 is 17.5 Å². The second-order valence-corrected chi connectivity index (χ2v) is 11.4. The van der Waals surface area contributed by atoms with Crippen LogP contribution in [0.5, 0.6) is 0 Å². The van der Waals surface area contributed by atoms with Gasteiger partial charge < -0.3 is 20.2 Å². The number of carboxylic acids is 1. The second kappa shape index (κ2) is 14.3. The van der Waals surface area contributed by atoms with E-state index in [0.717, 1.165) is 17.5 Å². The average molecular weight is 590 g/mol. The molecule has 0 radical (unpaired) electrons. The Kier molecular flexibility index (Phi) is 10.5. The van der Waals surface area contributed by atoms with Gasteiger partial charge in [0.15, 0.2) is 11.6 Å². The van der Waals surface area contributed by atoms with E-state index in [1.165, 1.54) is 31.8 Å². The number of nitrogens with zero attached hydrogens (tertiary/aromatic N) is 1. The van der Waals surface area contributed by atoms with Gasteiger partial charge in [-0.05, 0) is 72.6 Å². The lowest BCUT2D eigenvalue weighted by atomic mass is 9.80. The Balaban J connectivity index is 1.44. The molecule has 0 saturated heterocycles. The van der Waals surface area contributed by atoms with Crippen molar-refractivity contribution in [3.05, 3.63) is 84.1 Å². The molecule has 3 aromatic rings. The van der Waals surface area contributed by atoms with Gasteiger partial charge in [-0.25, -0.2) is 9.37 Å². The molecule has 0 spiro atoms. The Morgan fingerprint density at radius 2 is 1.77 bits per heavy atom. The standard InChI is InChI=1S/C34H40FN3O5/c1-4-34(35,5-2)31-30(43-28(38-31)18-9-23-8-6-7-22(3)21-23)33(42)37-27-16-14-25(15-17-27)24-10-12-26(13-11-24)32(41)36-20-19-29(39)40/h4,10-17,22-23H,1,5-9,18-21H2,2-3H3,(H,36,41)(H,37,42)(H,39,40). The molecule has 43 heavy (non-hydrogen) atoms. The number of rotatable bonds is 13. The molecule has 1 aromatic heterocycles. The highest BCUT2D eigenvalue weighted by Gasteiger charge is 2.37. The first-order valence-corrected chi connectivity index (χ1v) is 15.0. The van der Waals surface area contributed by atoms with Crippen LogP contribution in [-0.2, 0) is 16.9 Å². The fourth-order valence-electron chi connectivity index (χ4n) is 5.60.